The van der Waals surface area contributed by atoms with E-state index in [0.29, 0.717) is 23.5 Å². The predicted molar refractivity (Wildman–Crippen MR) is 98.6 cm³/mol. The second kappa shape index (κ2) is 6.00. The molecule has 0 aromatic heterocycles. The molecule has 132 valence electrons. The fourth-order valence-corrected chi connectivity index (χ4v) is 7.86. The molecule has 4 aliphatic rings. The molecule has 0 radical (unpaired) electrons. The molecule has 3 saturated carbocycles. The number of hydrogen-bond donors (Lipinski definition) is 0. The molecule has 1 nitrogen and oxygen atoms in total. The predicted octanol–water partition coefficient (Wildman–Crippen LogP) is 5.71. The standard InChI is InChI=1S/C21H29FOS/c1-20-9-8-18-16(17(20)5-6-19(20)23)4-3-15-11-14(12-22)7-10-21(15,18)13-24-2/h11-12,16-18H,3-10,13H2,1-2H3/b14-12-/t16-,17-,18-,20-,21+/m0/s1. The summed E-state index contributed by atoms with van der Waals surface area (Å²) in [5.41, 5.74) is 2.63. The van der Waals surface area contributed by atoms with E-state index in [1.165, 1.54) is 18.4 Å². The van der Waals surface area contributed by atoms with Crippen molar-refractivity contribution in [2.75, 3.05) is 12.0 Å². The molecule has 4 rings (SSSR count). The molecule has 0 bridgehead atoms. The normalized spacial score (nSPS) is 46.3. The van der Waals surface area contributed by atoms with E-state index >= 15 is 0 Å². The number of Topliss-reactive ketones (excluding diaryl/α,β-unsaturated/α-hetero) is 1. The molecule has 5 atom stereocenters. The Kier molecular flexibility index (Phi) is 4.22. The highest BCUT2D eigenvalue weighted by Gasteiger charge is 2.59. The van der Waals surface area contributed by atoms with Gasteiger partial charge in [0.15, 0.2) is 0 Å². The zero-order chi connectivity index (χ0) is 16.9. The first-order valence-electron chi connectivity index (χ1n) is 9.58. The van der Waals surface area contributed by atoms with Gasteiger partial charge in [-0.05, 0) is 74.5 Å². The van der Waals surface area contributed by atoms with Crippen molar-refractivity contribution < 1.29 is 9.18 Å². The van der Waals surface area contributed by atoms with Crippen LogP contribution in [0.5, 0.6) is 0 Å². The Balaban J connectivity index is 1.72. The molecule has 0 aliphatic heterocycles. The second-order valence-corrected chi connectivity index (χ2v) is 9.64. The van der Waals surface area contributed by atoms with Gasteiger partial charge >= 0.3 is 0 Å². The summed E-state index contributed by atoms with van der Waals surface area (Å²) in [5.74, 6) is 3.70. The maximum absolute atomic E-state index is 13.1. The molecule has 0 amide bonds. The van der Waals surface area contributed by atoms with E-state index in [2.05, 4.69) is 19.3 Å². The number of ketones is 1. The number of carbonyl (C=O) groups is 1. The minimum Gasteiger partial charge on any atom is -0.299 e. The number of carbonyl (C=O) groups excluding carboxylic acids is 1. The van der Waals surface area contributed by atoms with Crippen LogP contribution >= 0.6 is 11.8 Å². The van der Waals surface area contributed by atoms with Gasteiger partial charge in [0.05, 0.1) is 6.33 Å². The zero-order valence-corrected chi connectivity index (χ0v) is 15.8. The lowest BCUT2D eigenvalue weighted by molar-refractivity contribution is -0.132. The first kappa shape index (κ1) is 16.9. The monoisotopic (exact) mass is 348 g/mol. The first-order valence-corrected chi connectivity index (χ1v) is 11.0. The molecule has 0 heterocycles. The zero-order valence-electron chi connectivity index (χ0n) is 14.9. The van der Waals surface area contributed by atoms with Gasteiger partial charge in [0, 0.05) is 23.0 Å². The molecule has 0 unspecified atom stereocenters. The molecule has 0 N–H and O–H groups in total. The third kappa shape index (κ3) is 2.22. The lowest BCUT2D eigenvalue weighted by atomic mass is 9.47. The van der Waals surface area contributed by atoms with Crippen LogP contribution in [0.4, 0.5) is 4.39 Å². The number of halogens is 1. The van der Waals surface area contributed by atoms with Gasteiger partial charge < -0.3 is 0 Å². The van der Waals surface area contributed by atoms with Crippen LogP contribution in [0, 0.1) is 28.6 Å². The summed E-state index contributed by atoms with van der Waals surface area (Å²) < 4.78 is 13.1. The number of thioether (sulfide) groups is 1. The van der Waals surface area contributed by atoms with Gasteiger partial charge in [-0.3, -0.25) is 4.79 Å². The Hall–Kier alpha value is -0.570. The maximum Gasteiger partial charge on any atom is 0.139 e. The second-order valence-electron chi connectivity index (χ2n) is 8.78. The minimum atomic E-state index is -0.0401. The fourth-order valence-electron chi connectivity index (χ4n) is 6.80. The fraction of sp³-hybridized carbons (Fsp3) is 0.762. The topological polar surface area (TPSA) is 17.1 Å². The molecule has 0 spiro atoms. The molecule has 4 aliphatic carbocycles. The van der Waals surface area contributed by atoms with Gasteiger partial charge in [0.2, 0.25) is 0 Å². The van der Waals surface area contributed by atoms with Gasteiger partial charge in [0.1, 0.15) is 5.78 Å². The molecule has 3 fully saturated rings. The Labute approximate surface area is 149 Å². The van der Waals surface area contributed by atoms with Gasteiger partial charge in [-0.15, -0.1) is 0 Å². The van der Waals surface area contributed by atoms with Crippen LogP contribution in [0.1, 0.15) is 58.3 Å². The number of hydrogen-bond acceptors (Lipinski definition) is 2. The van der Waals surface area contributed by atoms with Gasteiger partial charge in [-0.1, -0.05) is 18.6 Å². The Morgan fingerprint density at radius 3 is 2.79 bits per heavy atom. The van der Waals surface area contributed by atoms with E-state index < -0.39 is 0 Å². The van der Waals surface area contributed by atoms with Crippen molar-refractivity contribution in [1.29, 1.82) is 0 Å². The smallest absolute Gasteiger partial charge is 0.139 e. The Morgan fingerprint density at radius 1 is 1.21 bits per heavy atom. The van der Waals surface area contributed by atoms with Crippen LogP contribution < -0.4 is 0 Å². The summed E-state index contributed by atoms with van der Waals surface area (Å²) in [6.45, 7) is 2.25. The molecule has 0 aromatic carbocycles. The van der Waals surface area contributed by atoms with Gasteiger partial charge in [-0.2, -0.15) is 11.8 Å². The largest absolute Gasteiger partial charge is 0.299 e. The number of rotatable bonds is 2. The highest BCUT2D eigenvalue weighted by molar-refractivity contribution is 7.98. The van der Waals surface area contributed by atoms with Crippen molar-refractivity contribution >= 4 is 17.5 Å². The maximum atomic E-state index is 13.1. The Bertz CT molecular complexity index is 609. The average molecular weight is 349 g/mol. The van der Waals surface area contributed by atoms with E-state index in [0.717, 1.165) is 56.2 Å². The third-order valence-electron chi connectivity index (χ3n) is 8.00. The van der Waals surface area contributed by atoms with Gasteiger partial charge in [-0.25, -0.2) is 4.39 Å². The van der Waals surface area contributed by atoms with E-state index in [4.69, 9.17) is 0 Å². The lowest BCUT2D eigenvalue weighted by Gasteiger charge is -2.58. The highest BCUT2D eigenvalue weighted by atomic mass is 32.2. The summed E-state index contributed by atoms with van der Waals surface area (Å²) in [6, 6.07) is 0. The lowest BCUT2D eigenvalue weighted by Crippen LogP contribution is -2.52. The summed E-state index contributed by atoms with van der Waals surface area (Å²) in [7, 11) is 0. The van der Waals surface area contributed by atoms with Crippen LogP contribution in [0.2, 0.25) is 0 Å². The van der Waals surface area contributed by atoms with Crippen LogP contribution in [-0.2, 0) is 4.79 Å². The summed E-state index contributed by atoms with van der Waals surface area (Å²) in [5, 5.41) is 0. The van der Waals surface area contributed by atoms with Crippen LogP contribution in [0.15, 0.2) is 23.6 Å². The molecule has 24 heavy (non-hydrogen) atoms. The molecule has 3 heteroatoms. The third-order valence-corrected chi connectivity index (χ3v) is 8.81. The molecule has 0 saturated heterocycles. The molecule has 0 aromatic rings. The van der Waals surface area contributed by atoms with Crippen LogP contribution in [-0.4, -0.2) is 17.8 Å². The Morgan fingerprint density at radius 2 is 2.04 bits per heavy atom. The van der Waals surface area contributed by atoms with Crippen LogP contribution in [0.25, 0.3) is 0 Å². The van der Waals surface area contributed by atoms with Crippen molar-refractivity contribution in [1.82, 2.24) is 0 Å². The van der Waals surface area contributed by atoms with Crippen molar-refractivity contribution in [2.45, 2.75) is 58.3 Å². The quantitative estimate of drug-likeness (QED) is 0.635. The average Bonchev–Trinajstić information content (AvgIpc) is 2.90. The SMILES string of the molecule is CSC[C@]12CC/C(=C/F)C=C1CC[C@@H]1[C@@H]2CC[C@]2(C)C(=O)CC[C@@H]12. The first-order chi connectivity index (χ1) is 11.5. The van der Waals surface area contributed by atoms with E-state index in [-0.39, 0.29) is 10.8 Å². The molecular formula is C21H29FOS. The number of fused-ring (bicyclic) bond motifs is 5. The highest BCUT2D eigenvalue weighted by Crippen LogP contribution is 2.65. The van der Waals surface area contributed by atoms with Crippen molar-refractivity contribution in [3.05, 3.63) is 23.6 Å². The van der Waals surface area contributed by atoms with Crippen LogP contribution in [0.3, 0.4) is 0 Å². The van der Waals surface area contributed by atoms with Gasteiger partial charge in [0.25, 0.3) is 0 Å². The number of allylic oxidation sites excluding steroid dienone is 3. The summed E-state index contributed by atoms with van der Waals surface area (Å²) in [4.78, 5) is 12.5. The van der Waals surface area contributed by atoms with Crippen molar-refractivity contribution in [2.24, 2.45) is 28.6 Å². The van der Waals surface area contributed by atoms with E-state index in [9.17, 15) is 9.18 Å². The van der Waals surface area contributed by atoms with Crippen molar-refractivity contribution in [3.8, 4) is 0 Å². The summed E-state index contributed by atoms with van der Waals surface area (Å²) >= 11 is 1.95. The molecular weight excluding hydrogens is 319 g/mol. The summed E-state index contributed by atoms with van der Waals surface area (Å²) in [6.07, 6.45) is 13.7. The minimum absolute atomic E-state index is 0.0401. The van der Waals surface area contributed by atoms with E-state index in [1.54, 1.807) is 0 Å². The van der Waals surface area contributed by atoms with E-state index in [1.807, 2.05) is 11.8 Å². The van der Waals surface area contributed by atoms with Crippen molar-refractivity contribution in [3.63, 3.8) is 0 Å².